The quantitative estimate of drug-likeness (QED) is 0.580. The fraction of sp³-hybridized carbons (Fsp3) is 0.250. The highest BCUT2D eigenvalue weighted by Gasteiger charge is 2.37. The maximum Gasteiger partial charge on any atom is 0.311 e. The number of amides is 1. The van der Waals surface area contributed by atoms with Crippen molar-refractivity contribution in [1.82, 2.24) is 0 Å². The molecule has 0 saturated carbocycles. The summed E-state index contributed by atoms with van der Waals surface area (Å²) in [7, 11) is 0. The summed E-state index contributed by atoms with van der Waals surface area (Å²) in [5, 5.41) is 0. The topological polar surface area (TPSA) is 82.1 Å². The number of rotatable bonds is 5. The fourth-order valence-electron chi connectivity index (χ4n) is 3.18. The molecule has 1 amide bonds. The lowest BCUT2D eigenvalue weighted by molar-refractivity contribution is -0.147. The van der Waals surface area contributed by atoms with E-state index >= 15 is 0 Å². The Morgan fingerprint density at radius 1 is 1.14 bits per heavy atom. The summed E-state index contributed by atoms with van der Waals surface area (Å²) >= 11 is 0. The SMILES string of the molecule is O=C(COC(=O)[C@@H]1CC(=O)N(c2ccccc2F)C1)c1ccc2c(c1)OCO2. The predicted octanol–water partition coefficient (Wildman–Crippen LogP) is 2.33. The molecule has 2 aliphatic rings. The lowest BCUT2D eigenvalue weighted by atomic mass is 10.1. The van der Waals surface area contributed by atoms with Crippen LogP contribution in [0.3, 0.4) is 0 Å². The van der Waals surface area contributed by atoms with Gasteiger partial charge in [-0.2, -0.15) is 0 Å². The van der Waals surface area contributed by atoms with Gasteiger partial charge in [0.05, 0.1) is 11.6 Å². The second-order valence-corrected chi connectivity index (χ2v) is 6.46. The lowest BCUT2D eigenvalue weighted by Crippen LogP contribution is -2.27. The molecule has 28 heavy (non-hydrogen) atoms. The Kier molecular flexibility index (Phi) is 4.68. The van der Waals surface area contributed by atoms with Gasteiger partial charge in [0.1, 0.15) is 5.82 Å². The molecular formula is C20H16FNO6. The van der Waals surface area contributed by atoms with Crippen molar-refractivity contribution in [3.63, 3.8) is 0 Å². The molecular weight excluding hydrogens is 369 g/mol. The van der Waals surface area contributed by atoms with Gasteiger partial charge in [0.15, 0.2) is 23.9 Å². The van der Waals surface area contributed by atoms with Crippen LogP contribution in [0, 0.1) is 11.7 Å². The Hall–Kier alpha value is -3.42. The molecule has 1 atom stereocenters. The Balaban J connectivity index is 1.36. The van der Waals surface area contributed by atoms with Crippen LogP contribution in [0.15, 0.2) is 42.5 Å². The molecule has 2 aromatic rings. The van der Waals surface area contributed by atoms with Gasteiger partial charge in [0.25, 0.3) is 0 Å². The number of hydrogen-bond acceptors (Lipinski definition) is 6. The Labute approximate surface area is 159 Å². The average molecular weight is 385 g/mol. The zero-order valence-electron chi connectivity index (χ0n) is 14.7. The van der Waals surface area contributed by atoms with E-state index in [1.54, 1.807) is 18.2 Å². The van der Waals surface area contributed by atoms with Crippen molar-refractivity contribution < 1.29 is 33.0 Å². The van der Waals surface area contributed by atoms with E-state index in [4.69, 9.17) is 14.2 Å². The number of ketones is 1. The first kappa shape index (κ1) is 18.0. The van der Waals surface area contributed by atoms with Crippen molar-refractivity contribution in [2.75, 3.05) is 24.8 Å². The number of carbonyl (C=O) groups is 3. The summed E-state index contributed by atoms with van der Waals surface area (Å²) in [6, 6.07) is 10.6. The molecule has 2 aliphatic heterocycles. The first-order chi connectivity index (χ1) is 13.5. The Morgan fingerprint density at radius 3 is 2.75 bits per heavy atom. The molecule has 1 saturated heterocycles. The average Bonchev–Trinajstić information content (AvgIpc) is 3.32. The molecule has 0 aromatic heterocycles. The molecule has 1 fully saturated rings. The van der Waals surface area contributed by atoms with Crippen LogP contribution < -0.4 is 14.4 Å². The number of para-hydroxylation sites is 1. The van der Waals surface area contributed by atoms with Crippen molar-refractivity contribution in [3.8, 4) is 11.5 Å². The van der Waals surface area contributed by atoms with Gasteiger partial charge < -0.3 is 19.1 Å². The third-order valence-electron chi connectivity index (χ3n) is 4.64. The molecule has 144 valence electrons. The Bertz CT molecular complexity index is 959. The Morgan fingerprint density at radius 2 is 1.93 bits per heavy atom. The molecule has 0 spiro atoms. The van der Waals surface area contributed by atoms with E-state index in [0.29, 0.717) is 17.1 Å². The van der Waals surface area contributed by atoms with Gasteiger partial charge in [0.2, 0.25) is 12.7 Å². The van der Waals surface area contributed by atoms with E-state index in [9.17, 15) is 18.8 Å². The van der Waals surface area contributed by atoms with E-state index in [0.717, 1.165) is 0 Å². The summed E-state index contributed by atoms with van der Waals surface area (Å²) in [5.74, 6) is -1.72. The molecule has 0 aliphatic carbocycles. The number of nitrogens with zero attached hydrogens (tertiary/aromatic N) is 1. The molecule has 2 heterocycles. The molecule has 0 bridgehead atoms. The highest BCUT2D eigenvalue weighted by molar-refractivity contribution is 6.01. The van der Waals surface area contributed by atoms with Gasteiger partial charge >= 0.3 is 5.97 Å². The summed E-state index contributed by atoms with van der Waals surface area (Å²) in [6.45, 7) is -0.351. The zero-order valence-corrected chi connectivity index (χ0v) is 14.7. The normalized spacial score (nSPS) is 17.7. The van der Waals surface area contributed by atoms with Crippen molar-refractivity contribution >= 4 is 23.3 Å². The van der Waals surface area contributed by atoms with E-state index in [1.165, 1.54) is 29.2 Å². The number of ether oxygens (including phenoxy) is 3. The number of Topliss-reactive ketones (excluding diaryl/α,β-unsaturated/α-hetero) is 1. The fourth-order valence-corrected chi connectivity index (χ4v) is 3.18. The summed E-state index contributed by atoms with van der Waals surface area (Å²) in [6.07, 6.45) is -0.0919. The van der Waals surface area contributed by atoms with Crippen LogP contribution in [0.4, 0.5) is 10.1 Å². The van der Waals surface area contributed by atoms with Gasteiger partial charge in [-0.15, -0.1) is 0 Å². The standard InChI is InChI=1S/C20H16FNO6/c21-14-3-1-2-4-15(14)22-9-13(8-19(22)24)20(25)26-10-16(23)12-5-6-17-18(7-12)28-11-27-17/h1-7,13H,8-11H2/t13-/m1/s1. The first-order valence-corrected chi connectivity index (χ1v) is 8.67. The van der Waals surface area contributed by atoms with Gasteiger partial charge in [0, 0.05) is 18.5 Å². The zero-order chi connectivity index (χ0) is 19.7. The van der Waals surface area contributed by atoms with Crippen molar-refractivity contribution in [2.24, 2.45) is 5.92 Å². The molecule has 8 heteroatoms. The van der Waals surface area contributed by atoms with Gasteiger partial charge in [-0.05, 0) is 30.3 Å². The van der Waals surface area contributed by atoms with Crippen LogP contribution in [0.5, 0.6) is 11.5 Å². The van der Waals surface area contributed by atoms with E-state index in [-0.39, 0.29) is 31.4 Å². The number of anilines is 1. The van der Waals surface area contributed by atoms with Crippen LogP contribution in [-0.2, 0) is 14.3 Å². The number of esters is 1. The van der Waals surface area contributed by atoms with Crippen LogP contribution in [0.25, 0.3) is 0 Å². The van der Waals surface area contributed by atoms with Crippen molar-refractivity contribution in [2.45, 2.75) is 6.42 Å². The molecule has 4 rings (SSSR count). The summed E-state index contributed by atoms with van der Waals surface area (Å²) in [5.41, 5.74) is 0.451. The van der Waals surface area contributed by atoms with E-state index in [2.05, 4.69) is 0 Å². The second kappa shape index (κ2) is 7.30. The number of halogens is 1. The van der Waals surface area contributed by atoms with E-state index < -0.39 is 30.1 Å². The maximum atomic E-state index is 13.9. The third kappa shape index (κ3) is 3.40. The summed E-state index contributed by atoms with van der Waals surface area (Å²) < 4.78 is 29.4. The number of hydrogen-bond donors (Lipinski definition) is 0. The predicted molar refractivity (Wildman–Crippen MR) is 94.7 cm³/mol. The minimum absolute atomic E-state index is 0.0107. The van der Waals surface area contributed by atoms with Crippen molar-refractivity contribution in [3.05, 3.63) is 53.8 Å². The van der Waals surface area contributed by atoms with E-state index in [1.807, 2.05) is 0 Å². The lowest BCUT2D eigenvalue weighted by Gasteiger charge is -2.17. The number of carbonyl (C=O) groups excluding carboxylic acids is 3. The third-order valence-corrected chi connectivity index (χ3v) is 4.64. The number of benzene rings is 2. The maximum absolute atomic E-state index is 13.9. The largest absolute Gasteiger partial charge is 0.457 e. The highest BCUT2D eigenvalue weighted by atomic mass is 19.1. The minimum atomic E-state index is -0.753. The first-order valence-electron chi connectivity index (χ1n) is 8.67. The molecule has 2 aromatic carbocycles. The number of fused-ring (bicyclic) bond motifs is 1. The summed E-state index contributed by atoms with van der Waals surface area (Å²) in [4.78, 5) is 37.9. The second-order valence-electron chi connectivity index (χ2n) is 6.46. The molecule has 0 unspecified atom stereocenters. The molecule has 0 N–H and O–H groups in total. The molecule has 7 nitrogen and oxygen atoms in total. The van der Waals surface area contributed by atoms with Crippen LogP contribution in [0.1, 0.15) is 16.8 Å². The highest BCUT2D eigenvalue weighted by Crippen LogP contribution is 2.32. The minimum Gasteiger partial charge on any atom is -0.457 e. The van der Waals surface area contributed by atoms with Crippen LogP contribution >= 0.6 is 0 Å². The van der Waals surface area contributed by atoms with Gasteiger partial charge in [-0.3, -0.25) is 14.4 Å². The van der Waals surface area contributed by atoms with Crippen molar-refractivity contribution in [1.29, 1.82) is 0 Å². The van der Waals surface area contributed by atoms with Gasteiger partial charge in [-0.1, -0.05) is 12.1 Å². The van der Waals surface area contributed by atoms with Crippen LogP contribution in [0.2, 0.25) is 0 Å². The monoisotopic (exact) mass is 385 g/mol. The molecule has 0 radical (unpaired) electrons. The van der Waals surface area contributed by atoms with Gasteiger partial charge in [-0.25, -0.2) is 4.39 Å². The smallest absolute Gasteiger partial charge is 0.311 e. The van der Waals surface area contributed by atoms with Crippen LogP contribution in [-0.4, -0.2) is 37.6 Å².